The second kappa shape index (κ2) is 5.32. The summed E-state index contributed by atoms with van der Waals surface area (Å²) in [5.41, 5.74) is -0.711. The van der Waals surface area contributed by atoms with E-state index in [1.54, 1.807) is 30.3 Å². The average molecular weight is 317 g/mol. The van der Waals surface area contributed by atoms with Crippen LogP contribution in [0.3, 0.4) is 0 Å². The summed E-state index contributed by atoms with van der Waals surface area (Å²) in [5, 5.41) is 9.42. The fraction of sp³-hybridized carbons (Fsp3) is 0.0625. The molecule has 0 spiro atoms. The third kappa shape index (κ3) is 2.71. The molecule has 114 valence electrons. The van der Waals surface area contributed by atoms with E-state index < -0.39 is 17.6 Å². The molecular weight excluding hydrogens is 310 g/mol. The molecule has 0 aliphatic heterocycles. The molecule has 0 bridgehead atoms. The van der Waals surface area contributed by atoms with E-state index in [0.717, 1.165) is 12.1 Å². The lowest BCUT2D eigenvalue weighted by Gasteiger charge is -2.10. The van der Waals surface area contributed by atoms with E-state index in [-0.39, 0.29) is 17.1 Å². The number of nitrogens with zero attached hydrogens (tertiary/aromatic N) is 3. The Labute approximate surface area is 127 Å². The minimum atomic E-state index is -4.63. The fourth-order valence-electron chi connectivity index (χ4n) is 2.22. The van der Waals surface area contributed by atoms with Gasteiger partial charge in [0.1, 0.15) is 11.9 Å². The Morgan fingerprint density at radius 2 is 1.74 bits per heavy atom. The van der Waals surface area contributed by atoms with Gasteiger partial charge in [0.05, 0.1) is 16.8 Å². The molecule has 0 fully saturated rings. The predicted octanol–water partition coefficient (Wildman–Crippen LogP) is 4.33. The summed E-state index contributed by atoms with van der Waals surface area (Å²) < 4.78 is 52.1. The predicted molar refractivity (Wildman–Crippen MR) is 74.6 cm³/mol. The second-order valence-electron chi connectivity index (χ2n) is 4.72. The molecule has 0 amide bonds. The first-order valence-electron chi connectivity index (χ1n) is 6.44. The number of hydrogen-bond acceptors (Lipinski definition) is 3. The van der Waals surface area contributed by atoms with E-state index in [1.165, 1.54) is 0 Å². The average Bonchev–Trinajstić information content (AvgIpc) is 2.53. The van der Waals surface area contributed by atoms with Crippen molar-refractivity contribution in [3.63, 3.8) is 0 Å². The van der Waals surface area contributed by atoms with Crippen molar-refractivity contribution in [1.82, 2.24) is 9.97 Å². The third-order valence-electron chi connectivity index (χ3n) is 3.25. The highest BCUT2D eigenvalue weighted by Gasteiger charge is 2.31. The van der Waals surface area contributed by atoms with Crippen LogP contribution < -0.4 is 0 Å². The maximum Gasteiger partial charge on any atom is 0.416 e. The molecule has 1 heterocycles. The van der Waals surface area contributed by atoms with Crippen LogP contribution in [0.1, 0.15) is 11.4 Å². The van der Waals surface area contributed by atoms with Crippen LogP contribution in [0.2, 0.25) is 0 Å². The minimum absolute atomic E-state index is 0.0818. The Balaban J connectivity index is 2.27. The molecule has 3 rings (SSSR count). The molecule has 3 nitrogen and oxygen atoms in total. The fourth-order valence-corrected chi connectivity index (χ4v) is 2.22. The first-order chi connectivity index (χ1) is 10.9. The van der Waals surface area contributed by atoms with Gasteiger partial charge in [0.25, 0.3) is 0 Å². The molecule has 0 saturated heterocycles. The van der Waals surface area contributed by atoms with E-state index in [0.29, 0.717) is 17.0 Å². The van der Waals surface area contributed by atoms with Gasteiger partial charge in [-0.05, 0) is 24.3 Å². The lowest BCUT2D eigenvalue weighted by atomic mass is 10.0. The molecule has 1 aromatic heterocycles. The van der Waals surface area contributed by atoms with E-state index in [1.807, 2.05) is 0 Å². The van der Waals surface area contributed by atoms with E-state index in [4.69, 9.17) is 5.26 Å². The molecule has 0 saturated carbocycles. The number of para-hydroxylation sites is 1. The van der Waals surface area contributed by atoms with Gasteiger partial charge in [0, 0.05) is 10.9 Å². The summed E-state index contributed by atoms with van der Waals surface area (Å²) in [7, 11) is 0. The van der Waals surface area contributed by atoms with Crippen LogP contribution in [-0.4, -0.2) is 9.97 Å². The van der Waals surface area contributed by atoms with Crippen molar-refractivity contribution in [2.45, 2.75) is 6.18 Å². The molecule has 2 aromatic carbocycles. The van der Waals surface area contributed by atoms with Crippen molar-refractivity contribution >= 4 is 10.9 Å². The summed E-state index contributed by atoms with van der Waals surface area (Å²) in [6.07, 6.45) is -4.63. The number of halogens is 4. The normalized spacial score (nSPS) is 11.4. The van der Waals surface area contributed by atoms with Crippen LogP contribution in [0.4, 0.5) is 17.6 Å². The minimum Gasteiger partial charge on any atom is -0.219 e. The number of benzene rings is 2. The molecule has 0 unspecified atom stereocenters. The topological polar surface area (TPSA) is 49.6 Å². The van der Waals surface area contributed by atoms with Gasteiger partial charge in [-0.3, -0.25) is 0 Å². The lowest BCUT2D eigenvalue weighted by Crippen LogP contribution is -2.06. The van der Waals surface area contributed by atoms with Gasteiger partial charge in [0.15, 0.2) is 0 Å². The molecule has 7 heteroatoms. The largest absolute Gasteiger partial charge is 0.416 e. The van der Waals surface area contributed by atoms with E-state index >= 15 is 0 Å². The van der Waals surface area contributed by atoms with Crippen LogP contribution in [-0.2, 0) is 6.18 Å². The van der Waals surface area contributed by atoms with E-state index in [9.17, 15) is 17.6 Å². The number of hydrogen-bond donors (Lipinski definition) is 0. The van der Waals surface area contributed by atoms with Crippen molar-refractivity contribution in [2.75, 3.05) is 0 Å². The van der Waals surface area contributed by atoms with Gasteiger partial charge in [-0.15, -0.1) is 0 Å². The van der Waals surface area contributed by atoms with Crippen LogP contribution in [0.15, 0.2) is 42.5 Å². The summed E-state index contributed by atoms with van der Waals surface area (Å²) in [5.74, 6) is -1.24. The number of nitriles is 1. The Morgan fingerprint density at radius 3 is 2.39 bits per heavy atom. The van der Waals surface area contributed by atoms with Gasteiger partial charge in [0.2, 0.25) is 5.82 Å². The Hall–Kier alpha value is -3.01. The van der Waals surface area contributed by atoms with Crippen LogP contribution in [0, 0.1) is 17.1 Å². The van der Waals surface area contributed by atoms with Crippen molar-refractivity contribution in [3.05, 3.63) is 59.7 Å². The number of alkyl halides is 3. The second-order valence-corrected chi connectivity index (χ2v) is 4.72. The standard InChI is InChI=1S/C16H7F4N3/c17-12-7-9(16(18,19)20)5-6-10(12)15-11-3-1-2-4-13(11)22-14(8-21)23-15/h1-7H. The first-order valence-corrected chi connectivity index (χ1v) is 6.44. The Morgan fingerprint density at radius 1 is 1.00 bits per heavy atom. The summed E-state index contributed by atoms with van der Waals surface area (Å²) in [6.45, 7) is 0. The quantitative estimate of drug-likeness (QED) is 0.628. The highest BCUT2D eigenvalue weighted by molar-refractivity contribution is 5.92. The zero-order valence-corrected chi connectivity index (χ0v) is 11.4. The van der Waals surface area contributed by atoms with Gasteiger partial charge >= 0.3 is 6.18 Å². The summed E-state index contributed by atoms with van der Waals surface area (Å²) in [6, 6.07) is 10.5. The van der Waals surface area contributed by atoms with E-state index in [2.05, 4.69) is 9.97 Å². The molecule has 0 atom stereocenters. The van der Waals surface area contributed by atoms with Gasteiger partial charge in [-0.1, -0.05) is 18.2 Å². The zero-order valence-electron chi connectivity index (χ0n) is 11.4. The number of aromatic nitrogens is 2. The highest BCUT2D eigenvalue weighted by Crippen LogP contribution is 2.34. The maximum atomic E-state index is 14.2. The highest BCUT2D eigenvalue weighted by atomic mass is 19.4. The maximum absolute atomic E-state index is 14.2. The van der Waals surface area contributed by atoms with Crippen molar-refractivity contribution in [1.29, 1.82) is 5.26 Å². The van der Waals surface area contributed by atoms with Gasteiger partial charge < -0.3 is 0 Å². The first kappa shape index (κ1) is 14.9. The van der Waals surface area contributed by atoms with Gasteiger partial charge in [-0.2, -0.15) is 18.4 Å². The zero-order chi connectivity index (χ0) is 16.6. The van der Waals surface area contributed by atoms with Crippen molar-refractivity contribution in [2.24, 2.45) is 0 Å². The number of fused-ring (bicyclic) bond motifs is 1. The Kier molecular flexibility index (Phi) is 3.45. The SMILES string of the molecule is N#Cc1nc(-c2ccc(C(F)(F)F)cc2F)c2ccccc2n1. The molecule has 0 radical (unpaired) electrons. The van der Waals surface area contributed by atoms with Crippen LogP contribution >= 0.6 is 0 Å². The lowest BCUT2D eigenvalue weighted by molar-refractivity contribution is -0.137. The molecule has 0 aliphatic carbocycles. The Bertz CT molecular complexity index is 942. The molecule has 0 aliphatic rings. The summed E-state index contributed by atoms with van der Waals surface area (Å²) >= 11 is 0. The number of rotatable bonds is 1. The van der Waals surface area contributed by atoms with Gasteiger partial charge in [-0.25, -0.2) is 14.4 Å². The van der Waals surface area contributed by atoms with Crippen molar-refractivity contribution < 1.29 is 17.6 Å². The van der Waals surface area contributed by atoms with Crippen molar-refractivity contribution in [3.8, 4) is 17.3 Å². The summed E-state index contributed by atoms with van der Waals surface area (Å²) in [4.78, 5) is 7.94. The van der Waals surface area contributed by atoms with Crippen LogP contribution in [0.5, 0.6) is 0 Å². The third-order valence-corrected chi connectivity index (χ3v) is 3.25. The molecule has 3 aromatic rings. The molecule has 0 N–H and O–H groups in total. The molecule has 23 heavy (non-hydrogen) atoms. The smallest absolute Gasteiger partial charge is 0.219 e. The monoisotopic (exact) mass is 317 g/mol. The van der Waals surface area contributed by atoms with Crippen LogP contribution in [0.25, 0.3) is 22.2 Å². The molecular formula is C16H7F4N3.